The zero-order valence-corrected chi connectivity index (χ0v) is 12.6. The van der Waals surface area contributed by atoms with Gasteiger partial charge < -0.3 is 4.74 Å². The monoisotopic (exact) mass is 430 g/mol. The second kappa shape index (κ2) is 4.52. The van der Waals surface area contributed by atoms with E-state index in [2.05, 4.69) is 63.4 Å². The highest BCUT2D eigenvalue weighted by Gasteiger charge is 2.13. The number of hydrogen-bond donors (Lipinski definition) is 0. The van der Waals surface area contributed by atoms with Crippen LogP contribution in [0.2, 0.25) is 0 Å². The second-order valence-corrected chi connectivity index (χ2v) is 6.78. The van der Waals surface area contributed by atoms with E-state index in [1.165, 1.54) is 16.5 Å². The van der Waals surface area contributed by atoms with Gasteiger partial charge in [-0.1, -0.05) is 6.07 Å². The number of benzene rings is 1. The van der Waals surface area contributed by atoms with Crippen molar-refractivity contribution in [2.45, 2.75) is 6.92 Å². The minimum Gasteiger partial charge on any atom is -0.491 e. The van der Waals surface area contributed by atoms with E-state index in [4.69, 9.17) is 4.74 Å². The average molecular weight is 430 g/mol. The molecule has 0 spiro atoms. The van der Waals surface area contributed by atoms with Crippen LogP contribution >= 0.6 is 56.5 Å². The summed E-state index contributed by atoms with van der Waals surface area (Å²) in [5, 5.41) is 1.27. The fourth-order valence-corrected chi connectivity index (χ4v) is 4.29. The molecule has 0 atom stereocenters. The molecule has 4 heteroatoms. The molecule has 1 aromatic heterocycles. The first kappa shape index (κ1) is 10.9. The Morgan fingerprint density at radius 1 is 1.36 bits per heavy atom. The molecule has 0 bridgehead atoms. The van der Waals surface area contributed by atoms with E-state index in [0.717, 1.165) is 12.4 Å². The molecule has 14 heavy (non-hydrogen) atoms. The van der Waals surface area contributed by atoms with Gasteiger partial charge in [-0.3, -0.25) is 0 Å². The van der Waals surface area contributed by atoms with Crippen LogP contribution in [0.1, 0.15) is 6.92 Å². The molecule has 0 fully saturated rings. The number of halogens is 2. The maximum Gasteiger partial charge on any atom is 0.152 e. The van der Waals surface area contributed by atoms with Gasteiger partial charge in [0.1, 0.15) is 2.88 Å². The zero-order valence-electron chi connectivity index (χ0n) is 7.51. The molecule has 1 aromatic carbocycles. The van der Waals surface area contributed by atoms with E-state index >= 15 is 0 Å². The Hall–Kier alpha value is 0.440. The summed E-state index contributed by atoms with van der Waals surface area (Å²) < 4.78 is 9.48. The van der Waals surface area contributed by atoms with Crippen LogP contribution in [0.3, 0.4) is 0 Å². The molecule has 2 rings (SSSR count). The molecule has 0 N–H and O–H groups in total. The molecule has 0 aliphatic rings. The van der Waals surface area contributed by atoms with E-state index in [1.54, 1.807) is 11.3 Å². The Morgan fingerprint density at radius 3 is 2.86 bits per heavy atom. The highest BCUT2D eigenvalue weighted by Crippen LogP contribution is 2.40. The maximum absolute atomic E-state index is 5.67. The second-order valence-electron chi connectivity index (χ2n) is 2.75. The molecule has 0 saturated carbocycles. The number of ether oxygens (including phenoxy) is 1. The van der Waals surface area contributed by atoms with E-state index < -0.39 is 0 Å². The zero-order chi connectivity index (χ0) is 10.1. The first-order chi connectivity index (χ1) is 6.74. The summed E-state index contributed by atoms with van der Waals surface area (Å²) in [5.74, 6) is 1.05. The largest absolute Gasteiger partial charge is 0.491 e. The third kappa shape index (κ3) is 1.88. The van der Waals surface area contributed by atoms with Crippen LogP contribution in [-0.2, 0) is 0 Å². The van der Waals surface area contributed by atoms with E-state index in [0.29, 0.717) is 0 Å². The minimum absolute atomic E-state index is 0.729. The van der Waals surface area contributed by atoms with Crippen LogP contribution in [0.15, 0.2) is 18.2 Å². The Balaban J connectivity index is 2.73. The van der Waals surface area contributed by atoms with Gasteiger partial charge >= 0.3 is 0 Å². The smallest absolute Gasteiger partial charge is 0.152 e. The highest BCUT2D eigenvalue weighted by atomic mass is 127. The molecular weight excluding hydrogens is 422 g/mol. The van der Waals surface area contributed by atoms with Gasteiger partial charge in [-0.15, -0.1) is 11.3 Å². The van der Waals surface area contributed by atoms with Gasteiger partial charge in [0, 0.05) is 13.7 Å². The predicted octanol–water partition coefficient (Wildman–Crippen LogP) is 4.51. The van der Waals surface area contributed by atoms with Crippen molar-refractivity contribution >= 4 is 66.6 Å². The lowest BCUT2D eigenvalue weighted by Gasteiger charge is -2.02. The van der Waals surface area contributed by atoms with Gasteiger partial charge in [-0.25, -0.2) is 0 Å². The summed E-state index contributed by atoms with van der Waals surface area (Å²) in [6.45, 7) is 2.75. The van der Waals surface area contributed by atoms with Crippen LogP contribution in [0, 0.1) is 6.45 Å². The van der Waals surface area contributed by atoms with Crippen molar-refractivity contribution in [1.82, 2.24) is 0 Å². The highest BCUT2D eigenvalue weighted by molar-refractivity contribution is 14.1. The van der Waals surface area contributed by atoms with Crippen molar-refractivity contribution in [1.29, 1.82) is 0 Å². The normalized spacial score (nSPS) is 10.8. The van der Waals surface area contributed by atoms with Gasteiger partial charge in [0.15, 0.2) is 5.75 Å². The van der Waals surface area contributed by atoms with Crippen LogP contribution in [0.25, 0.3) is 10.1 Å². The topological polar surface area (TPSA) is 9.23 Å². The first-order valence-electron chi connectivity index (χ1n) is 4.23. The average Bonchev–Trinajstić information content (AvgIpc) is 2.45. The summed E-state index contributed by atoms with van der Waals surface area (Å²) in [5.41, 5.74) is 0. The van der Waals surface area contributed by atoms with Gasteiger partial charge in [-0.05, 0) is 64.2 Å². The van der Waals surface area contributed by atoms with Gasteiger partial charge in [0.05, 0.1) is 6.61 Å². The molecule has 74 valence electrons. The molecule has 0 radical (unpaired) electrons. The van der Waals surface area contributed by atoms with E-state index in [1.807, 2.05) is 6.92 Å². The summed E-state index contributed by atoms with van der Waals surface area (Å²) in [6.07, 6.45) is 0. The van der Waals surface area contributed by atoms with Crippen LogP contribution < -0.4 is 4.74 Å². The first-order valence-corrected chi connectivity index (χ1v) is 7.20. The fourth-order valence-electron chi connectivity index (χ4n) is 1.32. The number of rotatable bonds is 2. The van der Waals surface area contributed by atoms with Crippen LogP contribution in [-0.4, -0.2) is 6.61 Å². The Labute approximate surface area is 114 Å². The lowest BCUT2D eigenvalue weighted by molar-refractivity contribution is 0.343. The Kier molecular flexibility index (Phi) is 3.54. The van der Waals surface area contributed by atoms with Crippen molar-refractivity contribution in [3.05, 3.63) is 24.7 Å². The molecule has 0 saturated heterocycles. The van der Waals surface area contributed by atoms with Gasteiger partial charge in [0.2, 0.25) is 0 Å². The quantitative estimate of drug-likeness (QED) is 0.638. The third-order valence-corrected chi connectivity index (χ3v) is 4.84. The van der Waals surface area contributed by atoms with Crippen LogP contribution in [0.5, 0.6) is 5.75 Å². The van der Waals surface area contributed by atoms with E-state index in [9.17, 15) is 0 Å². The van der Waals surface area contributed by atoms with Crippen molar-refractivity contribution in [3.63, 3.8) is 0 Å². The lowest BCUT2D eigenvalue weighted by Crippen LogP contribution is -1.91. The SMILES string of the molecule is CCOc1c(I)sc2cccc(I)c12. The summed E-state index contributed by atoms with van der Waals surface area (Å²) in [6, 6.07) is 6.35. The summed E-state index contributed by atoms with van der Waals surface area (Å²) >= 11 is 6.49. The van der Waals surface area contributed by atoms with Crippen molar-refractivity contribution in [2.75, 3.05) is 6.61 Å². The lowest BCUT2D eigenvalue weighted by atomic mass is 10.2. The van der Waals surface area contributed by atoms with Crippen molar-refractivity contribution < 1.29 is 4.74 Å². The minimum atomic E-state index is 0.729. The summed E-state index contributed by atoms with van der Waals surface area (Å²) in [7, 11) is 0. The maximum atomic E-state index is 5.67. The molecule has 0 aliphatic carbocycles. The predicted molar refractivity (Wildman–Crippen MR) is 78.4 cm³/mol. The Bertz CT molecular complexity index is 464. The number of hydrogen-bond acceptors (Lipinski definition) is 2. The Morgan fingerprint density at radius 2 is 2.14 bits per heavy atom. The molecular formula is C10H8I2OS. The van der Waals surface area contributed by atoms with Crippen molar-refractivity contribution in [2.24, 2.45) is 0 Å². The van der Waals surface area contributed by atoms with Crippen molar-refractivity contribution in [3.8, 4) is 5.75 Å². The summed E-state index contributed by atoms with van der Waals surface area (Å²) in [4.78, 5) is 0. The van der Waals surface area contributed by atoms with Gasteiger partial charge in [0.25, 0.3) is 0 Å². The van der Waals surface area contributed by atoms with E-state index in [-0.39, 0.29) is 0 Å². The standard InChI is InChI=1S/C10H8I2OS/c1-2-13-9-8-6(11)4-3-5-7(8)14-10(9)12/h3-5H,2H2,1H3. The molecule has 1 heterocycles. The molecule has 0 unspecified atom stereocenters. The van der Waals surface area contributed by atoms with Gasteiger partial charge in [-0.2, -0.15) is 0 Å². The molecule has 0 aliphatic heterocycles. The number of thiophene rings is 1. The molecule has 2 aromatic rings. The molecule has 1 nitrogen and oxygen atoms in total. The third-order valence-electron chi connectivity index (χ3n) is 1.87. The fraction of sp³-hybridized carbons (Fsp3) is 0.200. The molecule has 0 amide bonds. The number of fused-ring (bicyclic) bond motifs is 1. The van der Waals surface area contributed by atoms with Crippen LogP contribution in [0.4, 0.5) is 0 Å².